The average molecular weight is 622 g/mol. The predicted molar refractivity (Wildman–Crippen MR) is 144 cm³/mol. The van der Waals surface area contributed by atoms with Gasteiger partial charge in [0.05, 0.1) is 16.0 Å². The molecule has 15 heteroatoms. The third-order valence-electron chi connectivity index (χ3n) is 7.77. The molecule has 1 aliphatic carbocycles. The maximum Gasteiger partial charge on any atom is 0.417 e. The number of pyridine rings is 1. The summed E-state index contributed by atoms with van der Waals surface area (Å²) in [5.41, 5.74) is -5.94. The van der Waals surface area contributed by atoms with Crippen molar-refractivity contribution in [1.29, 1.82) is 0 Å². The first-order valence-electron chi connectivity index (χ1n) is 13.6. The Hall–Kier alpha value is -2.94. The van der Waals surface area contributed by atoms with Crippen LogP contribution in [0.1, 0.15) is 92.1 Å². The number of alkyl halides is 6. The van der Waals surface area contributed by atoms with E-state index in [1.165, 1.54) is 13.8 Å². The number of nitrogens with one attached hydrogen (secondary N) is 2. The maximum atomic E-state index is 14.4. The van der Waals surface area contributed by atoms with Crippen molar-refractivity contribution in [3.8, 4) is 10.4 Å². The van der Waals surface area contributed by atoms with Crippen LogP contribution in [-0.4, -0.2) is 67.7 Å². The first-order valence-corrected chi connectivity index (χ1v) is 14.4. The van der Waals surface area contributed by atoms with Crippen molar-refractivity contribution < 1.29 is 41.0 Å². The van der Waals surface area contributed by atoms with Gasteiger partial charge in [-0.15, -0.1) is 11.3 Å². The minimum Gasteiger partial charge on any atom is -0.389 e. The SMILES string of the molecule is CCC1CCC(C)N1C(=O)c1nc(C(=O)NCC(C)(C)O)sc1-c1cnc(NC2(C(F)(F)F)CCC2)cc1C(F)(F)F. The molecule has 42 heavy (non-hydrogen) atoms. The normalized spacial score (nSPS) is 20.8. The number of halogens is 6. The summed E-state index contributed by atoms with van der Waals surface area (Å²) >= 11 is 0.545. The van der Waals surface area contributed by atoms with Crippen molar-refractivity contribution >= 4 is 29.0 Å². The summed E-state index contributed by atoms with van der Waals surface area (Å²) in [6, 6.07) is 0.0934. The molecule has 3 N–H and O–H groups in total. The summed E-state index contributed by atoms with van der Waals surface area (Å²) in [7, 11) is 0. The predicted octanol–water partition coefficient (Wildman–Crippen LogP) is 6.02. The summed E-state index contributed by atoms with van der Waals surface area (Å²) in [5, 5.41) is 14.3. The lowest BCUT2D eigenvalue weighted by Crippen LogP contribution is -2.57. The van der Waals surface area contributed by atoms with Gasteiger partial charge in [-0.1, -0.05) is 6.92 Å². The van der Waals surface area contributed by atoms with Crippen LogP contribution in [0.4, 0.5) is 32.2 Å². The summed E-state index contributed by atoms with van der Waals surface area (Å²) in [4.78, 5) is 36.0. The second-order valence-corrected chi connectivity index (χ2v) is 12.6. The van der Waals surface area contributed by atoms with Gasteiger partial charge in [-0.25, -0.2) is 9.97 Å². The van der Waals surface area contributed by atoms with Gasteiger partial charge in [-0.3, -0.25) is 9.59 Å². The third kappa shape index (κ3) is 6.36. The molecule has 2 aromatic heterocycles. The molecule has 2 fully saturated rings. The number of hydrogen-bond acceptors (Lipinski definition) is 7. The molecule has 232 valence electrons. The van der Waals surface area contributed by atoms with Crippen LogP contribution in [0.15, 0.2) is 12.3 Å². The topological polar surface area (TPSA) is 107 Å². The molecule has 1 saturated heterocycles. The Morgan fingerprint density at radius 3 is 2.36 bits per heavy atom. The highest BCUT2D eigenvalue weighted by Gasteiger charge is 2.58. The second-order valence-electron chi connectivity index (χ2n) is 11.6. The largest absolute Gasteiger partial charge is 0.417 e. The molecular weight excluding hydrogens is 588 g/mol. The van der Waals surface area contributed by atoms with Crippen LogP contribution in [-0.2, 0) is 6.18 Å². The number of nitrogens with zero attached hydrogens (tertiary/aromatic N) is 3. The molecule has 0 radical (unpaired) electrons. The zero-order valence-corrected chi connectivity index (χ0v) is 24.4. The average Bonchev–Trinajstić information content (AvgIpc) is 3.46. The quantitative estimate of drug-likeness (QED) is 0.311. The fraction of sp³-hybridized carbons (Fsp3) is 0.630. The third-order valence-corrected chi connectivity index (χ3v) is 8.86. The maximum absolute atomic E-state index is 14.4. The van der Waals surface area contributed by atoms with Crippen molar-refractivity contribution in [2.24, 2.45) is 0 Å². The number of aromatic nitrogens is 2. The van der Waals surface area contributed by atoms with E-state index < -0.39 is 52.3 Å². The van der Waals surface area contributed by atoms with E-state index in [4.69, 9.17) is 0 Å². The first-order chi connectivity index (χ1) is 19.4. The van der Waals surface area contributed by atoms with E-state index in [1.54, 1.807) is 4.90 Å². The van der Waals surface area contributed by atoms with Gasteiger partial charge in [0.15, 0.2) is 5.01 Å². The number of thiazole rings is 1. The minimum absolute atomic E-state index is 0.178. The van der Waals surface area contributed by atoms with Gasteiger partial charge in [-0.2, -0.15) is 26.3 Å². The Morgan fingerprint density at radius 2 is 1.83 bits per heavy atom. The number of rotatable bonds is 8. The van der Waals surface area contributed by atoms with E-state index in [9.17, 15) is 41.0 Å². The van der Waals surface area contributed by atoms with Crippen LogP contribution in [0.2, 0.25) is 0 Å². The van der Waals surface area contributed by atoms with Gasteiger partial charge in [-0.05, 0) is 65.4 Å². The van der Waals surface area contributed by atoms with Crippen molar-refractivity contribution in [2.75, 3.05) is 11.9 Å². The number of anilines is 1. The number of amides is 2. The van der Waals surface area contributed by atoms with Crippen molar-refractivity contribution in [3.05, 3.63) is 28.5 Å². The molecule has 1 saturated carbocycles. The summed E-state index contributed by atoms with van der Waals surface area (Å²) in [6.07, 6.45) is -7.34. The molecule has 0 bridgehead atoms. The van der Waals surface area contributed by atoms with E-state index >= 15 is 0 Å². The zero-order chi connectivity index (χ0) is 31.3. The lowest BCUT2D eigenvalue weighted by molar-refractivity contribution is -0.198. The van der Waals surface area contributed by atoms with Crippen LogP contribution >= 0.6 is 11.3 Å². The van der Waals surface area contributed by atoms with Crippen molar-refractivity contribution in [1.82, 2.24) is 20.2 Å². The number of hydrogen-bond donors (Lipinski definition) is 3. The molecule has 0 spiro atoms. The molecule has 0 aromatic carbocycles. The molecule has 2 aromatic rings. The lowest BCUT2D eigenvalue weighted by atomic mass is 9.76. The zero-order valence-electron chi connectivity index (χ0n) is 23.5. The summed E-state index contributed by atoms with van der Waals surface area (Å²) in [6.45, 7) is 6.39. The molecule has 1 aliphatic heterocycles. The number of aliphatic hydroxyl groups is 1. The highest BCUT2D eigenvalue weighted by Crippen LogP contribution is 2.48. The molecule has 2 unspecified atom stereocenters. The fourth-order valence-electron chi connectivity index (χ4n) is 5.27. The van der Waals surface area contributed by atoms with E-state index in [2.05, 4.69) is 20.6 Å². The fourth-order valence-corrected chi connectivity index (χ4v) is 6.27. The van der Waals surface area contributed by atoms with Crippen LogP contribution in [0, 0.1) is 0 Å². The monoisotopic (exact) mass is 621 g/mol. The van der Waals surface area contributed by atoms with Crippen LogP contribution in [0.3, 0.4) is 0 Å². The Balaban J connectivity index is 1.82. The van der Waals surface area contributed by atoms with Crippen LogP contribution in [0.5, 0.6) is 0 Å². The van der Waals surface area contributed by atoms with Crippen molar-refractivity contribution in [2.45, 2.75) is 102 Å². The number of carbonyl (C=O) groups is 2. The second kappa shape index (κ2) is 11.3. The molecule has 8 nitrogen and oxygen atoms in total. The number of likely N-dealkylation sites (tertiary alicyclic amines) is 1. The van der Waals surface area contributed by atoms with Gasteiger partial charge in [0.2, 0.25) is 0 Å². The van der Waals surface area contributed by atoms with E-state index in [1.807, 2.05) is 13.8 Å². The highest BCUT2D eigenvalue weighted by molar-refractivity contribution is 7.17. The van der Waals surface area contributed by atoms with E-state index in [0.29, 0.717) is 36.7 Å². The van der Waals surface area contributed by atoms with Gasteiger partial charge in [0.25, 0.3) is 11.8 Å². The summed E-state index contributed by atoms with van der Waals surface area (Å²) < 4.78 is 84.3. The molecule has 4 rings (SSSR count). The van der Waals surface area contributed by atoms with Gasteiger partial charge < -0.3 is 20.6 Å². The molecule has 2 aliphatic rings. The standard InChI is InChI=1S/C27H33F6N5O3S/c1-5-15-8-7-14(2)38(15)23(40)19-20(42-22(36-19)21(39)35-13-24(3,4)41)16-12-34-18(11-17(16)26(28,29)30)37-25(9-6-10-25)27(31,32)33/h11-12,14-15,41H,5-10,13H2,1-4H3,(H,34,37)(H,35,39). The highest BCUT2D eigenvalue weighted by atomic mass is 32.1. The molecular formula is C27H33F6N5O3S. The van der Waals surface area contributed by atoms with Crippen LogP contribution in [0.25, 0.3) is 10.4 Å². The van der Waals surface area contributed by atoms with E-state index in [-0.39, 0.29) is 53.5 Å². The van der Waals surface area contributed by atoms with Gasteiger partial charge in [0.1, 0.15) is 17.1 Å². The molecule has 3 heterocycles. The van der Waals surface area contributed by atoms with Crippen molar-refractivity contribution in [3.63, 3.8) is 0 Å². The Bertz CT molecular complexity index is 1330. The Kier molecular flexibility index (Phi) is 8.59. The molecule has 2 amide bonds. The van der Waals surface area contributed by atoms with Crippen LogP contribution < -0.4 is 10.6 Å². The smallest absolute Gasteiger partial charge is 0.389 e. The lowest BCUT2D eigenvalue weighted by Gasteiger charge is -2.44. The molecule has 2 atom stereocenters. The van der Waals surface area contributed by atoms with Gasteiger partial charge in [0, 0.05) is 30.4 Å². The van der Waals surface area contributed by atoms with Gasteiger partial charge >= 0.3 is 12.4 Å². The number of carbonyl (C=O) groups excluding carboxylic acids is 2. The minimum atomic E-state index is -5.04. The Labute approximate surface area is 242 Å². The Morgan fingerprint density at radius 1 is 1.17 bits per heavy atom. The first kappa shape index (κ1) is 32.0. The van der Waals surface area contributed by atoms with E-state index in [0.717, 1.165) is 6.20 Å². The summed E-state index contributed by atoms with van der Waals surface area (Å²) in [5.74, 6) is -2.07.